The van der Waals surface area contributed by atoms with Gasteiger partial charge >= 0.3 is 0 Å². The van der Waals surface area contributed by atoms with Crippen LogP contribution in [-0.4, -0.2) is 44.1 Å². The molecule has 0 spiro atoms. The molecule has 0 aliphatic heterocycles. The Balaban J connectivity index is 1.36. The number of carbonyl (C=O) groups excluding carboxylic acids is 2. The molecule has 2 N–H and O–H groups in total. The third-order valence-corrected chi connectivity index (χ3v) is 5.58. The number of amides is 2. The van der Waals surface area contributed by atoms with Crippen LogP contribution in [0.3, 0.4) is 0 Å². The number of rotatable bonds is 9. The lowest BCUT2D eigenvalue weighted by Crippen LogP contribution is -2.29. The summed E-state index contributed by atoms with van der Waals surface area (Å²) in [6.45, 7) is 6.86. The summed E-state index contributed by atoms with van der Waals surface area (Å²) >= 11 is 1.28. The van der Waals surface area contributed by atoms with E-state index in [-0.39, 0.29) is 22.8 Å². The summed E-state index contributed by atoms with van der Waals surface area (Å²) in [4.78, 5) is 28.7. The molecule has 9 heteroatoms. The van der Waals surface area contributed by atoms with Gasteiger partial charge in [0, 0.05) is 19.2 Å². The third-order valence-electron chi connectivity index (χ3n) is 4.44. The van der Waals surface area contributed by atoms with Gasteiger partial charge in [-0.1, -0.05) is 17.3 Å². The van der Waals surface area contributed by atoms with E-state index in [9.17, 15) is 9.59 Å². The standard InChI is InChI=1S/C20H25N5O3S/c1-13-11-18(24-28-13)23-20(27)14(2)29-12-19(26)21-9-6-10-25-15(3)22-16-7-4-5-8-17(16)25/h4-5,7-8,11,14H,6,9-10,12H2,1-3H3,(H,21,26)(H,23,24,27). The predicted octanol–water partition coefficient (Wildman–Crippen LogP) is 2.91. The second-order valence-corrected chi connectivity index (χ2v) is 8.10. The van der Waals surface area contributed by atoms with Crippen LogP contribution in [0.5, 0.6) is 0 Å². The highest BCUT2D eigenvalue weighted by molar-refractivity contribution is 8.01. The fourth-order valence-electron chi connectivity index (χ4n) is 2.92. The lowest BCUT2D eigenvalue weighted by molar-refractivity contribution is -0.118. The van der Waals surface area contributed by atoms with Crippen LogP contribution in [0, 0.1) is 13.8 Å². The Kier molecular flexibility index (Phi) is 6.92. The third kappa shape index (κ3) is 5.60. The van der Waals surface area contributed by atoms with Gasteiger partial charge < -0.3 is 19.7 Å². The maximum atomic E-state index is 12.1. The van der Waals surface area contributed by atoms with Crippen LogP contribution >= 0.6 is 11.8 Å². The van der Waals surface area contributed by atoms with Crippen molar-refractivity contribution in [2.24, 2.45) is 0 Å². The number of nitrogens with zero attached hydrogens (tertiary/aromatic N) is 3. The van der Waals surface area contributed by atoms with Crippen molar-refractivity contribution >= 4 is 40.4 Å². The van der Waals surface area contributed by atoms with Crippen molar-refractivity contribution in [1.29, 1.82) is 0 Å². The molecule has 1 unspecified atom stereocenters. The van der Waals surface area contributed by atoms with E-state index in [1.54, 1.807) is 19.9 Å². The van der Waals surface area contributed by atoms with E-state index in [0.717, 1.165) is 29.8 Å². The molecule has 0 saturated carbocycles. The fourth-order valence-corrected chi connectivity index (χ4v) is 3.64. The quantitative estimate of drug-likeness (QED) is 0.521. The summed E-state index contributed by atoms with van der Waals surface area (Å²) in [7, 11) is 0. The highest BCUT2D eigenvalue weighted by Crippen LogP contribution is 2.16. The smallest absolute Gasteiger partial charge is 0.238 e. The monoisotopic (exact) mass is 415 g/mol. The Morgan fingerprint density at radius 2 is 2.07 bits per heavy atom. The summed E-state index contributed by atoms with van der Waals surface area (Å²) in [6.07, 6.45) is 0.805. The van der Waals surface area contributed by atoms with Gasteiger partial charge in [-0.15, -0.1) is 11.8 Å². The van der Waals surface area contributed by atoms with Crippen molar-refractivity contribution in [2.45, 2.75) is 39.0 Å². The summed E-state index contributed by atoms with van der Waals surface area (Å²) in [5, 5.41) is 8.93. The van der Waals surface area contributed by atoms with Gasteiger partial charge in [0.25, 0.3) is 0 Å². The topological polar surface area (TPSA) is 102 Å². The number of para-hydroxylation sites is 2. The Morgan fingerprint density at radius 1 is 1.28 bits per heavy atom. The number of carbonyl (C=O) groups is 2. The predicted molar refractivity (Wildman–Crippen MR) is 114 cm³/mol. The number of nitrogens with one attached hydrogen (secondary N) is 2. The van der Waals surface area contributed by atoms with Crippen LogP contribution < -0.4 is 10.6 Å². The van der Waals surface area contributed by atoms with Gasteiger partial charge in [0.2, 0.25) is 11.8 Å². The van der Waals surface area contributed by atoms with Gasteiger partial charge in [-0.25, -0.2) is 4.98 Å². The van der Waals surface area contributed by atoms with Crippen molar-refractivity contribution in [3.8, 4) is 0 Å². The molecular weight excluding hydrogens is 390 g/mol. The average Bonchev–Trinajstić information content (AvgIpc) is 3.25. The van der Waals surface area contributed by atoms with Gasteiger partial charge in [0.05, 0.1) is 22.0 Å². The molecule has 0 radical (unpaired) electrons. The average molecular weight is 416 g/mol. The summed E-state index contributed by atoms with van der Waals surface area (Å²) in [5.74, 6) is 1.90. The number of hydrogen-bond acceptors (Lipinski definition) is 6. The molecule has 8 nitrogen and oxygen atoms in total. The molecular formula is C20H25N5O3S. The van der Waals surface area contributed by atoms with Crippen molar-refractivity contribution < 1.29 is 14.1 Å². The highest BCUT2D eigenvalue weighted by atomic mass is 32.2. The molecule has 0 fully saturated rings. The molecule has 29 heavy (non-hydrogen) atoms. The highest BCUT2D eigenvalue weighted by Gasteiger charge is 2.16. The number of benzene rings is 1. The molecule has 0 bridgehead atoms. The van der Waals surface area contributed by atoms with Crippen molar-refractivity contribution in [3.63, 3.8) is 0 Å². The molecule has 1 aromatic carbocycles. The fraction of sp³-hybridized carbons (Fsp3) is 0.400. The number of aromatic nitrogens is 3. The normalized spacial score (nSPS) is 12.1. The summed E-state index contributed by atoms with van der Waals surface area (Å²) in [5.41, 5.74) is 2.09. The zero-order valence-electron chi connectivity index (χ0n) is 16.8. The maximum absolute atomic E-state index is 12.1. The molecule has 3 rings (SSSR count). The first-order valence-corrected chi connectivity index (χ1v) is 10.5. The van der Waals surface area contributed by atoms with Gasteiger partial charge in [0.1, 0.15) is 11.6 Å². The minimum absolute atomic E-state index is 0.0841. The van der Waals surface area contributed by atoms with Gasteiger partial charge in [0.15, 0.2) is 5.82 Å². The van der Waals surface area contributed by atoms with Crippen molar-refractivity contribution in [2.75, 3.05) is 17.6 Å². The zero-order valence-corrected chi connectivity index (χ0v) is 17.6. The summed E-state index contributed by atoms with van der Waals surface area (Å²) in [6, 6.07) is 9.68. The Morgan fingerprint density at radius 3 is 2.83 bits per heavy atom. The Labute approximate surface area is 173 Å². The molecule has 2 aromatic heterocycles. The number of fused-ring (bicyclic) bond motifs is 1. The SMILES string of the molecule is Cc1cc(NC(=O)C(C)SCC(=O)NCCCn2c(C)nc3ccccc32)no1. The zero-order chi connectivity index (χ0) is 20.8. The van der Waals surface area contributed by atoms with E-state index >= 15 is 0 Å². The van der Waals surface area contributed by atoms with Crippen LogP contribution in [-0.2, 0) is 16.1 Å². The molecule has 1 atom stereocenters. The van der Waals surface area contributed by atoms with Crippen molar-refractivity contribution in [3.05, 3.63) is 41.9 Å². The Bertz CT molecular complexity index is 997. The van der Waals surface area contributed by atoms with Crippen LogP contribution in [0.15, 0.2) is 34.9 Å². The van der Waals surface area contributed by atoms with E-state index in [1.807, 2.05) is 25.1 Å². The Hall–Kier alpha value is -2.81. The molecule has 2 amide bonds. The van der Waals surface area contributed by atoms with Crippen LogP contribution in [0.2, 0.25) is 0 Å². The number of imidazole rings is 1. The minimum Gasteiger partial charge on any atom is -0.360 e. The van der Waals surface area contributed by atoms with Crippen LogP contribution in [0.1, 0.15) is 24.9 Å². The molecule has 0 aliphatic rings. The lowest BCUT2D eigenvalue weighted by Gasteiger charge is -2.11. The van der Waals surface area contributed by atoms with Crippen LogP contribution in [0.4, 0.5) is 5.82 Å². The first-order chi connectivity index (χ1) is 13.9. The lowest BCUT2D eigenvalue weighted by atomic mass is 10.3. The first kappa shape index (κ1) is 20.9. The molecule has 0 saturated heterocycles. The van der Waals surface area contributed by atoms with Gasteiger partial charge in [-0.2, -0.15) is 0 Å². The van der Waals surface area contributed by atoms with Gasteiger partial charge in [-0.05, 0) is 39.3 Å². The maximum Gasteiger partial charge on any atom is 0.238 e. The first-order valence-electron chi connectivity index (χ1n) is 9.48. The largest absolute Gasteiger partial charge is 0.360 e. The van der Waals surface area contributed by atoms with E-state index < -0.39 is 0 Å². The van der Waals surface area contributed by atoms with Gasteiger partial charge in [-0.3, -0.25) is 9.59 Å². The second-order valence-electron chi connectivity index (χ2n) is 6.77. The molecule has 0 aliphatic carbocycles. The number of anilines is 1. The molecule has 154 valence electrons. The minimum atomic E-state index is -0.377. The van der Waals surface area contributed by atoms with Crippen molar-refractivity contribution in [1.82, 2.24) is 20.0 Å². The second kappa shape index (κ2) is 9.60. The number of thioether (sulfide) groups is 1. The molecule has 2 heterocycles. The van der Waals surface area contributed by atoms with E-state index in [0.29, 0.717) is 18.1 Å². The van der Waals surface area contributed by atoms with E-state index in [1.165, 1.54) is 11.8 Å². The number of hydrogen-bond donors (Lipinski definition) is 2. The van der Waals surface area contributed by atoms with Crippen LogP contribution in [0.25, 0.3) is 11.0 Å². The van der Waals surface area contributed by atoms with E-state index in [4.69, 9.17) is 4.52 Å². The number of aryl methyl sites for hydroxylation is 3. The molecule has 3 aromatic rings. The van der Waals surface area contributed by atoms with E-state index in [2.05, 4.69) is 31.4 Å². The summed E-state index contributed by atoms with van der Waals surface area (Å²) < 4.78 is 7.08.